The number of rotatable bonds is 8. The van der Waals surface area contributed by atoms with Crippen LogP contribution in [0.2, 0.25) is 0 Å². The van der Waals surface area contributed by atoms with Crippen molar-refractivity contribution in [3.63, 3.8) is 0 Å². The molecule has 1 heterocycles. The van der Waals surface area contributed by atoms with Crippen LogP contribution in [0.25, 0.3) is 0 Å². The van der Waals surface area contributed by atoms with Crippen LogP contribution in [0.3, 0.4) is 0 Å². The van der Waals surface area contributed by atoms with Gasteiger partial charge in [0.25, 0.3) is 0 Å². The summed E-state index contributed by atoms with van der Waals surface area (Å²) in [5.74, 6) is 0. The molecule has 1 aromatic rings. The fourth-order valence-corrected chi connectivity index (χ4v) is 3.12. The molecule has 1 saturated carbocycles. The summed E-state index contributed by atoms with van der Waals surface area (Å²) in [4.78, 5) is 0. The zero-order valence-corrected chi connectivity index (χ0v) is 14.5. The highest BCUT2D eigenvalue weighted by Crippen LogP contribution is 2.24. The molecule has 20 heavy (non-hydrogen) atoms. The number of nitrogens with one attached hydrogen (secondary N) is 1. The van der Waals surface area contributed by atoms with Gasteiger partial charge in [0.05, 0.1) is 15.9 Å². The van der Waals surface area contributed by atoms with Crippen molar-refractivity contribution >= 4 is 15.9 Å². The average Bonchev–Trinajstić information content (AvgIpc) is 3.22. The summed E-state index contributed by atoms with van der Waals surface area (Å²) in [6, 6.07) is 0.812. The largest absolute Gasteiger partial charge is 0.314 e. The van der Waals surface area contributed by atoms with Crippen LogP contribution in [0.4, 0.5) is 0 Å². The summed E-state index contributed by atoms with van der Waals surface area (Å²) in [5, 5.41) is 8.21. The lowest BCUT2D eigenvalue weighted by atomic mass is 10.1. The lowest BCUT2D eigenvalue weighted by Crippen LogP contribution is -2.16. The second-order valence-electron chi connectivity index (χ2n) is 5.62. The molecule has 0 amide bonds. The van der Waals surface area contributed by atoms with Gasteiger partial charge < -0.3 is 5.32 Å². The lowest BCUT2D eigenvalue weighted by molar-refractivity contribution is 0.619. The van der Waals surface area contributed by atoms with Gasteiger partial charge in [-0.1, -0.05) is 18.6 Å². The fraction of sp³-hybridized carbons (Fsp3) is 0.688. The van der Waals surface area contributed by atoms with Gasteiger partial charge in [0.1, 0.15) is 0 Å². The van der Waals surface area contributed by atoms with Crippen molar-refractivity contribution in [3.8, 4) is 0 Å². The van der Waals surface area contributed by atoms with E-state index in [1.807, 2.05) is 0 Å². The van der Waals surface area contributed by atoms with E-state index >= 15 is 0 Å². The quantitative estimate of drug-likeness (QED) is 0.575. The van der Waals surface area contributed by atoms with Gasteiger partial charge in [0.2, 0.25) is 0 Å². The Bertz CT molecular complexity index is 472. The molecular formula is C16H26BrN3. The second kappa shape index (κ2) is 7.41. The SMILES string of the molecule is CCc1nn(CC)c(CC(C)=CCCNC2CC2)c1Br. The van der Waals surface area contributed by atoms with Crippen LogP contribution in [0.1, 0.15) is 51.4 Å². The molecule has 4 heteroatoms. The third kappa shape index (κ3) is 4.19. The van der Waals surface area contributed by atoms with E-state index in [0.717, 1.165) is 38.4 Å². The Morgan fingerprint density at radius 1 is 1.45 bits per heavy atom. The van der Waals surface area contributed by atoms with E-state index in [-0.39, 0.29) is 0 Å². The number of aryl methyl sites for hydroxylation is 2. The predicted molar refractivity (Wildman–Crippen MR) is 88.1 cm³/mol. The zero-order chi connectivity index (χ0) is 14.5. The summed E-state index contributed by atoms with van der Waals surface area (Å²) in [7, 11) is 0. The van der Waals surface area contributed by atoms with E-state index < -0.39 is 0 Å². The number of nitrogens with zero attached hydrogens (tertiary/aromatic N) is 2. The van der Waals surface area contributed by atoms with Crippen molar-refractivity contribution in [3.05, 3.63) is 27.5 Å². The first-order valence-electron chi connectivity index (χ1n) is 7.78. The maximum Gasteiger partial charge on any atom is 0.0766 e. The minimum absolute atomic E-state index is 0.812. The lowest BCUT2D eigenvalue weighted by Gasteiger charge is -2.06. The molecule has 1 aliphatic rings. The van der Waals surface area contributed by atoms with Gasteiger partial charge in [0.15, 0.2) is 0 Å². The van der Waals surface area contributed by atoms with Gasteiger partial charge in [-0.25, -0.2) is 0 Å². The second-order valence-corrected chi connectivity index (χ2v) is 6.41. The summed E-state index contributed by atoms with van der Waals surface area (Å²) in [5.41, 5.74) is 3.92. The first-order chi connectivity index (χ1) is 9.65. The molecule has 0 spiro atoms. The van der Waals surface area contributed by atoms with Crippen molar-refractivity contribution in [2.24, 2.45) is 0 Å². The van der Waals surface area contributed by atoms with E-state index in [1.165, 1.54) is 34.3 Å². The first kappa shape index (κ1) is 15.8. The Kier molecular flexibility index (Phi) is 5.85. The van der Waals surface area contributed by atoms with Crippen molar-refractivity contribution < 1.29 is 0 Å². The van der Waals surface area contributed by atoms with E-state index in [4.69, 9.17) is 0 Å². The highest BCUT2D eigenvalue weighted by Gasteiger charge is 2.19. The van der Waals surface area contributed by atoms with Crippen LogP contribution in [-0.4, -0.2) is 22.4 Å². The molecule has 2 rings (SSSR count). The maximum absolute atomic E-state index is 4.66. The molecule has 0 saturated heterocycles. The first-order valence-corrected chi connectivity index (χ1v) is 8.58. The molecule has 3 nitrogen and oxygen atoms in total. The van der Waals surface area contributed by atoms with Gasteiger partial charge in [-0.2, -0.15) is 5.10 Å². The Morgan fingerprint density at radius 3 is 2.80 bits per heavy atom. The van der Waals surface area contributed by atoms with Gasteiger partial charge >= 0.3 is 0 Å². The molecule has 1 fully saturated rings. The number of allylic oxidation sites excluding steroid dienone is 1. The smallest absolute Gasteiger partial charge is 0.0766 e. The average molecular weight is 340 g/mol. The standard InChI is InChI=1S/C16H26BrN3/c1-4-14-16(17)15(20(5-2)19-14)11-12(3)7-6-10-18-13-8-9-13/h7,13,18H,4-6,8-11H2,1-3H3. The van der Waals surface area contributed by atoms with Gasteiger partial charge in [-0.05, 0) is 62.0 Å². The van der Waals surface area contributed by atoms with Crippen LogP contribution in [0, 0.1) is 0 Å². The third-order valence-electron chi connectivity index (χ3n) is 3.79. The molecule has 112 valence electrons. The number of hydrogen-bond acceptors (Lipinski definition) is 2. The molecular weight excluding hydrogens is 314 g/mol. The van der Waals surface area contributed by atoms with Crippen molar-refractivity contribution in [2.45, 2.75) is 65.5 Å². The van der Waals surface area contributed by atoms with E-state index in [1.54, 1.807) is 0 Å². The summed E-state index contributed by atoms with van der Waals surface area (Å²) < 4.78 is 3.33. The fourth-order valence-electron chi connectivity index (χ4n) is 2.42. The molecule has 1 aliphatic carbocycles. The van der Waals surface area contributed by atoms with Crippen molar-refractivity contribution in [1.29, 1.82) is 0 Å². The van der Waals surface area contributed by atoms with Crippen molar-refractivity contribution in [2.75, 3.05) is 6.54 Å². The number of aromatic nitrogens is 2. The minimum atomic E-state index is 0.812. The van der Waals surface area contributed by atoms with E-state index in [0.29, 0.717) is 0 Å². The molecule has 0 unspecified atom stereocenters. The molecule has 0 aliphatic heterocycles. The van der Waals surface area contributed by atoms with Crippen LogP contribution >= 0.6 is 15.9 Å². The summed E-state index contributed by atoms with van der Waals surface area (Å²) >= 11 is 3.72. The summed E-state index contributed by atoms with van der Waals surface area (Å²) in [6.45, 7) is 8.58. The van der Waals surface area contributed by atoms with Crippen LogP contribution in [-0.2, 0) is 19.4 Å². The van der Waals surface area contributed by atoms with Crippen LogP contribution < -0.4 is 5.32 Å². The summed E-state index contributed by atoms with van der Waals surface area (Å²) in [6.07, 6.45) is 8.19. The van der Waals surface area contributed by atoms with E-state index in [2.05, 4.69) is 57.9 Å². The number of halogens is 1. The van der Waals surface area contributed by atoms with Crippen LogP contribution in [0.5, 0.6) is 0 Å². The topological polar surface area (TPSA) is 29.9 Å². The van der Waals surface area contributed by atoms with E-state index in [9.17, 15) is 0 Å². The molecule has 1 N–H and O–H groups in total. The molecule has 0 bridgehead atoms. The monoisotopic (exact) mass is 339 g/mol. The Balaban J connectivity index is 1.93. The molecule has 1 aromatic heterocycles. The Labute approximate surface area is 131 Å². The molecule has 0 radical (unpaired) electrons. The molecule has 0 aromatic carbocycles. The third-order valence-corrected chi connectivity index (χ3v) is 4.70. The van der Waals surface area contributed by atoms with Gasteiger partial charge in [-0.3, -0.25) is 4.68 Å². The Morgan fingerprint density at radius 2 is 2.20 bits per heavy atom. The number of hydrogen-bond donors (Lipinski definition) is 1. The normalized spacial score (nSPS) is 15.9. The Hall–Kier alpha value is -0.610. The zero-order valence-electron chi connectivity index (χ0n) is 12.9. The molecule has 0 atom stereocenters. The minimum Gasteiger partial charge on any atom is -0.314 e. The predicted octanol–water partition coefficient (Wildman–Crippen LogP) is 3.86. The van der Waals surface area contributed by atoms with Gasteiger partial charge in [-0.15, -0.1) is 0 Å². The highest BCUT2D eigenvalue weighted by molar-refractivity contribution is 9.10. The van der Waals surface area contributed by atoms with Gasteiger partial charge in [0, 0.05) is 19.0 Å². The maximum atomic E-state index is 4.66. The van der Waals surface area contributed by atoms with Crippen LogP contribution in [0.15, 0.2) is 16.1 Å². The highest BCUT2D eigenvalue weighted by atomic mass is 79.9. The van der Waals surface area contributed by atoms with Crippen molar-refractivity contribution in [1.82, 2.24) is 15.1 Å².